The maximum atomic E-state index is 12.3. The highest BCUT2D eigenvalue weighted by Crippen LogP contribution is 2.33. The molecule has 0 aliphatic carbocycles. The van der Waals surface area contributed by atoms with E-state index in [2.05, 4.69) is 0 Å². The van der Waals surface area contributed by atoms with Crippen molar-refractivity contribution in [3.8, 4) is 0 Å². The summed E-state index contributed by atoms with van der Waals surface area (Å²) in [6.07, 6.45) is -0.529. The Morgan fingerprint density at radius 3 is 2.48 bits per heavy atom. The van der Waals surface area contributed by atoms with Gasteiger partial charge in [0.2, 0.25) is 0 Å². The number of carbonyl (C=O) groups excluding carboxylic acids is 1. The molecule has 0 bridgehead atoms. The molecule has 0 unspecified atom stereocenters. The first kappa shape index (κ1) is 15.8. The summed E-state index contributed by atoms with van der Waals surface area (Å²) < 4.78 is 34.8. The van der Waals surface area contributed by atoms with Crippen LogP contribution in [0.15, 0.2) is 30.3 Å². The van der Waals surface area contributed by atoms with E-state index in [1.807, 2.05) is 6.07 Å². The fourth-order valence-electron chi connectivity index (χ4n) is 2.10. The summed E-state index contributed by atoms with van der Waals surface area (Å²) in [7, 11) is -4.13. The lowest BCUT2D eigenvalue weighted by Crippen LogP contribution is -2.46. The second kappa shape index (κ2) is 5.65. The second-order valence-electron chi connectivity index (χ2n) is 5.77. The molecule has 116 valence electrons. The van der Waals surface area contributed by atoms with Crippen molar-refractivity contribution < 1.29 is 22.1 Å². The van der Waals surface area contributed by atoms with Crippen LogP contribution in [-0.2, 0) is 19.2 Å². The van der Waals surface area contributed by atoms with Gasteiger partial charge in [-0.05, 0) is 32.8 Å². The van der Waals surface area contributed by atoms with E-state index >= 15 is 0 Å². The van der Waals surface area contributed by atoms with E-state index in [4.69, 9.17) is 8.92 Å². The average molecular weight is 313 g/mol. The van der Waals surface area contributed by atoms with Crippen LogP contribution in [0.25, 0.3) is 0 Å². The van der Waals surface area contributed by atoms with Gasteiger partial charge < -0.3 is 4.74 Å². The Bertz CT molecular complexity index is 606. The van der Waals surface area contributed by atoms with Gasteiger partial charge >= 0.3 is 16.4 Å². The molecule has 21 heavy (non-hydrogen) atoms. The van der Waals surface area contributed by atoms with Gasteiger partial charge in [0.15, 0.2) is 0 Å². The fraction of sp³-hybridized carbons (Fsp3) is 0.500. The molecule has 1 aromatic carbocycles. The Hall–Kier alpha value is -1.60. The monoisotopic (exact) mass is 313 g/mol. The minimum atomic E-state index is -4.13. The first-order chi connectivity index (χ1) is 9.71. The van der Waals surface area contributed by atoms with Crippen LogP contribution < -0.4 is 0 Å². The zero-order valence-corrected chi connectivity index (χ0v) is 13.1. The number of hydrogen-bond acceptors (Lipinski definition) is 5. The summed E-state index contributed by atoms with van der Waals surface area (Å²) in [5, 5.41) is 0. The van der Waals surface area contributed by atoms with E-state index in [0.717, 1.165) is 5.56 Å². The Morgan fingerprint density at radius 1 is 1.29 bits per heavy atom. The third-order valence-electron chi connectivity index (χ3n) is 2.91. The van der Waals surface area contributed by atoms with Crippen LogP contribution in [-0.4, -0.2) is 31.0 Å². The highest BCUT2D eigenvalue weighted by atomic mass is 32.2. The van der Waals surface area contributed by atoms with Crippen molar-refractivity contribution in [1.29, 1.82) is 0 Å². The van der Waals surface area contributed by atoms with Gasteiger partial charge in [-0.25, -0.2) is 4.79 Å². The van der Waals surface area contributed by atoms with Gasteiger partial charge in [0.05, 0.1) is 12.6 Å². The maximum Gasteiger partial charge on any atom is 0.426 e. The molecule has 0 N–H and O–H groups in total. The number of rotatable bonds is 1. The van der Waals surface area contributed by atoms with Crippen LogP contribution >= 0.6 is 0 Å². The molecule has 2 rings (SSSR count). The SMILES string of the molecule is CC(C)(C)OC(=O)N1[C@H](c2ccccc2)CCOS1(=O)=O. The van der Waals surface area contributed by atoms with Crippen LogP contribution in [0.5, 0.6) is 0 Å². The van der Waals surface area contributed by atoms with Crippen molar-refractivity contribution in [2.45, 2.75) is 38.8 Å². The second-order valence-corrected chi connectivity index (χ2v) is 7.26. The Kier molecular flexibility index (Phi) is 4.25. The molecule has 1 aromatic rings. The molecule has 7 heteroatoms. The fourth-order valence-corrected chi connectivity index (χ4v) is 3.28. The largest absolute Gasteiger partial charge is 0.443 e. The van der Waals surface area contributed by atoms with Crippen molar-refractivity contribution in [2.75, 3.05) is 6.61 Å². The van der Waals surface area contributed by atoms with Crippen molar-refractivity contribution >= 4 is 16.4 Å². The minimum absolute atomic E-state index is 0.0428. The number of hydrogen-bond donors (Lipinski definition) is 0. The van der Waals surface area contributed by atoms with Gasteiger partial charge in [0.25, 0.3) is 0 Å². The standard InChI is InChI=1S/C14H19NO5S/c1-14(2,3)20-13(16)15-12(9-10-19-21(15,17)18)11-7-5-4-6-8-11/h4-8,12H,9-10H2,1-3H3/t12-/m0/s1. The summed E-state index contributed by atoms with van der Waals surface area (Å²) in [6.45, 7) is 5.08. The lowest BCUT2D eigenvalue weighted by molar-refractivity contribution is 0.0254. The molecule has 6 nitrogen and oxygen atoms in total. The van der Waals surface area contributed by atoms with Gasteiger partial charge in [0.1, 0.15) is 5.60 Å². The third kappa shape index (κ3) is 3.74. The van der Waals surface area contributed by atoms with Crippen molar-refractivity contribution in [1.82, 2.24) is 4.31 Å². The molecule has 0 spiro atoms. The molecular formula is C14H19NO5S. The van der Waals surface area contributed by atoms with Crippen LogP contribution in [0, 0.1) is 0 Å². The lowest BCUT2D eigenvalue weighted by Gasteiger charge is -2.35. The van der Waals surface area contributed by atoms with Crippen molar-refractivity contribution in [2.24, 2.45) is 0 Å². The molecule has 1 heterocycles. The highest BCUT2D eigenvalue weighted by molar-refractivity contribution is 7.84. The van der Waals surface area contributed by atoms with E-state index in [0.29, 0.717) is 10.7 Å². The zero-order chi connectivity index (χ0) is 15.7. The van der Waals surface area contributed by atoms with E-state index in [-0.39, 0.29) is 6.61 Å². The third-order valence-corrected chi connectivity index (χ3v) is 4.26. The Labute approximate surface area is 124 Å². The topological polar surface area (TPSA) is 72.9 Å². The average Bonchev–Trinajstić information content (AvgIpc) is 2.36. The molecule has 1 saturated heterocycles. The summed E-state index contributed by atoms with van der Waals surface area (Å²) >= 11 is 0. The molecule has 1 atom stereocenters. The Morgan fingerprint density at radius 2 is 1.90 bits per heavy atom. The van der Waals surface area contributed by atoms with E-state index in [9.17, 15) is 13.2 Å². The summed E-state index contributed by atoms with van der Waals surface area (Å²) in [5.41, 5.74) is -0.0547. The van der Waals surface area contributed by atoms with Gasteiger partial charge in [-0.3, -0.25) is 4.18 Å². The molecule has 1 aliphatic rings. The molecule has 0 saturated carbocycles. The summed E-state index contributed by atoms with van der Waals surface area (Å²) in [6, 6.07) is 8.37. The predicted molar refractivity (Wildman–Crippen MR) is 76.7 cm³/mol. The predicted octanol–water partition coefficient (Wildman–Crippen LogP) is 2.63. The Balaban J connectivity index is 2.37. The molecular weight excluding hydrogens is 294 g/mol. The van der Waals surface area contributed by atoms with E-state index in [1.54, 1.807) is 45.0 Å². The number of nitrogens with zero attached hydrogens (tertiary/aromatic N) is 1. The van der Waals surface area contributed by atoms with Crippen molar-refractivity contribution in [3.05, 3.63) is 35.9 Å². The van der Waals surface area contributed by atoms with Gasteiger partial charge in [-0.2, -0.15) is 12.7 Å². The quantitative estimate of drug-likeness (QED) is 0.797. The number of amides is 1. The summed E-state index contributed by atoms with van der Waals surface area (Å²) in [5.74, 6) is 0. The van der Waals surface area contributed by atoms with Crippen LogP contribution in [0.2, 0.25) is 0 Å². The number of carbonyl (C=O) groups is 1. The van der Waals surface area contributed by atoms with Crippen LogP contribution in [0.3, 0.4) is 0 Å². The van der Waals surface area contributed by atoms with Gasteiger partial charge in [-0.15, -0.1) is 0 Å². The first-order valence-corrected chi connectivity index (χ1v) is 8.04. The molecule has 1 aliphatic heterocycles. The van der Waals surface area contributed by atoms with Crippen LogP contribution in [0.1, 0.15) is 38.8 Å². The molecule has 1 amide bonds. The van der Waals surface area contributed by atoms with E-state index < -0.39 is 28.0 Å². The van der Waals surface area contributed by atoms with Gasteiger partial charge in [0, 0.05) is 0 Å². The van der Waals surface area contributed by atoms with Gasteiger partial charge in [-0.1, -0.05) is 30.3 Å². The minimum Gasteiger partial charge on any atom is -0.443 e. The molecule has 0 radical (unpaired) electrons. The maximum absolute atomic E-state index is 12.3. The normalized spacial score (nSPS) is 21.9. The van der Waals surface area contributed by atoms with E-state index in [1.165, 1.54) is 0 Å². The lowest BCUT2D eigenvalue weighted by atomic mass is 10.0. The summed E-state index contributed by atoms with van der Waals surface area (Å²) in [4.78, 5) is 12.3. The molecule has 0 aromatic heterocycles. The highest BCUT2D eigenvalue weighted by Gasteiger charge is 2.42. The zero-order valence-electron chi connectivity index (χ0n) is 12.3. The first-order valence-electron chi connectivity index (χ1n) is 6.67. The van der Waals surface area contributed by atoms with Crippen molar-refractivity contribution in [3.63, 3.8) is 0 Å². The van der Waals surface area contributed by atoms with Crippen LogP contribution in [0.4, 0.5) is 4.79 Å². The number of ether oxygens (including phenoxy) is 1. The number of benzene rings is 1. The smallest absolute Gasteiger partial charge is 0.426 e. The molecule has 1 fully saturated rings.